The van der Waals surface area contributed by atoms with Gasteiger partial charge in [-0.15, -0.1) is 0 Å². The van der Waals surface area contributed by atoms with Crippen LogP contribution >= 0.6 is 0 Å². The molecule has 4 nitrogen and oxygen atoms in total. The second-order valence-corrected chi connectivity index (χ2v) is 7.46. The average Bonchev–Trinajstić information content (AvgIpc) is 2.63. The third-order valence-electron chi connectivity index (χ3n) is 4.22. The molecule has 4 heteroatoms. The first-order valence-electron chi connectivity index (χ1n) is 10.5. The highest BCUT2D eigenvalue weighted by atomic mass is 16.4. The molecule has 0 radical (unpaired) electrons. The van der Waals surface area contributed by atoms with Crippen molar-refractivity contribution in [2.75, 3.05) is 0 Å². The molecule has 0 fully saturated rings. The van der Waals surface area contributed by atoms with Gasteiger partial charge in [0.25, 0.3) is 0 Å². The summed E-state index contributed by atoms with van der Waals surface area (Å²) in [5, 5.41) is 11.5. The highest BCUT2D eigenvalue weighted by Crippen LogP contribution is 2.05. The van der Waals surface area contributed by atoms with E-state index in [2.05, 4.69) is 60.8 Å². The lowest BCUT2D eigenvalue weighted by molar-refractivity contribution is -0.146. The number of amides is 1. The van der Waals surface area contributed by atoms with Crippen molar-refractivity contribution in [2.45, 2.75) is 90.5 Å². The fourth-order valence-corrected chi connectivity index (χ4v) is 2.41. The van der Waals surface area contributed by atoms with Crippen molar-refractivity contribution in [1.29, 1.82) is 0 Å². The normalized spacial score (nSPS) is 12.7. The van der Waals surface area contributed by atoms with Gasteiger partial charge in [0.2, 0.25) is 5.91 Å². The Kier molecular flexibility index (Phi) is 15.8. The zero-order valence-corrected chi connectivity index (χ0v) is 18.0. The monoisotopic (exact) mass is 389 g/mol. The van der Waals surface area contributed by atoms with Gasteiger partial charge >= 0.3 is 5.97 Å². The number of rotatable bonds is 16. The molecule has 0 rings (SSSR count). The molecule has 0 aliphatic rings. The first kappa shape index (κ1) is 25.9. The Morgan fingerprint density at radius 2 is 1.25 bits per heavy atom. The first-order valence-corrected chi connectivity index (χ1v) is 10.5. The molecule has 0 heterocycles. The number of hydrogen-bond acceptors (Lipinski definition) is 2. The minimum absolute atomic E-state index is 0.219. The van der Waals surface area contributed by atoms with Crippen LogP contribution in [0.15, 0.2) is 48.6 Å². The van der Waals surface area contributed by atoms with Crippen LogP contribution in [0.1, 0.15) is 85.0 Å². The van der Waals surface area contributed by atoms with E-state index in [0.717, 1.165) is 32.1 Å². The van der Waals surface area contributed by atoms with Crippen LogP contribution in [0.3, 0.4) is 0 Å². The molecule has 0 aromatic carbocycles. The van der Waals surface area contributed by atoms with E-state index in [1.165, 1.54) is 39.5 Å². The maximum atomic E-state index is 11.7. The fourth-order valence-electron chi connectivity index (χ4n) is 2.41. The van der Waals surface area contributed by atoms with Gasteiger partial charge in [0, 0.05) is 6.42 Å². The minimum atomic E-state index is -1.21. The second-order valence-electron chi connectivity index (χ2n) is 7.46. The number of allylic oxidation sites excluding steroid dienone is 8. The van der Waals surface area contributed by atoms with Gasteiger partial charge in [-0.25, -0.2) is 4.79 Å². The Balaban J connectivity index is 3.65. The summed E-state index contributed by atoms with van der Waals surface area (Å²) in [5.41, 5.74) is -1.21. The summed E-state index contributed by atoms with van der Waals surface area (Å²) in [4.78, 5) is 22.7. The van der Waals surface area contributed by atoms with Crippen molar-refractivity contribution < 1.29 is 14.7 Å². The molecule has 158 valence electrons. The zero-order chi connectivity index (χ0) is 21.1. The van der Waals surface area contributed by atoms with E-state index in [1.54, 1.807) is 0 Å². The summed E-state index contributed by atoms with van der Waals surface area (Å²) in [7, 11) is 0. The van der Waals surface area contributed by atoms with E-state index in [1.807, 2.05) is 0 Å². The number of carboxylic acids is 1. The molecule has 0 aliphatic carbocycles. The highest BCUT2D eigenvalue weighted by Gasteiger charge is 2.28. The van der Waals surface area contributed by atoms with Crippen molar-refractivity contribution in [2.24, 2.45) is 0 Å². The van der Waals surface area contributed by atoms with E-state index in [-0.39, 0.29) is 5.91 Å². The fraction of sp³-hybridized carbons (Fsp3) is 0.583. The maximum Gasteiger partial charge on any atom is 0.328 e. The number of carbonyl (C=O) groups is 2. The molecule has 0 atom stereocenters. The highest BCUT2D eigenvalue weighted by molar-refractivity contribution is 5.86. The average molecular weight is 390 g/mol. The molecule has 1 amide bonds. The number of carbonyl (C=O) groups excluding carboxylic acids is 1. The SMILES string of the molecule is CCCCC/C=C\C/C=C\C/C=C\C/C=C\CCCC(=O)NC(C)(C)C(=O)O. The Labute approximate surface area is 171 Å². The number of unbranched alkanes of at least 4 members (excludes halogenated alkanes) is 4. The molecule has 0 aromatic rings. The van der Waals surface area contributed by atoms with E-state index >= 15 is 0 Å². The van der Waals surface area contributed by atoms with Crippen molar-refractivity contribution in [3.8, 4) is 0 Å². The maximum absolute atomic E-state index is 11.7. The van der Waals surface area contributed by atoms with Crippen LogP contribution in [-0.4, -0.2) is 22.5 Å². The van der Waals surface area contributed by atoms with E-state index < -0.39 is 11.5 Å². The lowest BCUT2D eigenvalue weighted by Crippen LogP contribution is -2.49. The summed E-state index contributed by atoms with van der Waals surface area (Å²) in [6.07, 6.45) is 27.2. The van der Waals surface area contributed by atoms with Gasteiger partial charge in [0.05, 0.1) is 0 Å². The molecule has 0 aliphatic heterocycles. The number of carboxylic acid groups (broad SMARTS) is 1. The van der Waals surface area contributed by atoms with Crippen molar-refractivity contribution in [3.63, 3.8) is 0 Å². The smallest absolute Gasteiger partial charge is 0.328 e. The topological polar surface area (TPSA) is 66.4 Å². The summed E-state index contributed by atoms with van der Waals surface area (Å²) < 4.78 is 0. The number of nitrogens with one attached hydrogen (secondary N) is 1. The van der Waals surface area contributed by atoms with Gasteiger partial charge in [0.15, 0.2) is 0 Å². The van der Waals surface area contributed by atoms with Crippen LogP contribution in [-0.2, 0) is 9.59 Å². The van der Waals surface area contributed by atoms with E-state index in [0.29, 0.717) is 6.42 Å². The predicted molar refractivity (Wildman–Crippen MR) is 118 cm³/mol. The molecule has 0 unspecified atom stereocenters. The largest absolute Gasteiger partial charge is 0.480 e. The summed E-state index contributed by atoms with van der Waals surface area (Å²) in [6.45, 7) is 5.20. The van der Waals surface area contributed by atoms with Gasteiger partial charge in [-0.05, 0) is 58.8 Å². The predicted octanol–water partition coefficient (Wildman–Crippen LogP) is 6.11. The van der Waals surface area contributed by atoms with Crippen LogP contribution in [0.2, 0.25) is 0 Å². The lowest BCUT2D eigenvalue weighted by Gasteiger charge is -2.20. The van der Waals surface area contributed by atoms with Crippen LogP contribution in [0.25, 0.3) is 0 Å². The van der Waals surface area contributed by atoms with Gasteiger partial charge < -0.3 is 10.4 Å². The number of aliphatic carboxylic acids is 1. The van der Waals surface area contributed by atoms with Crippen LogP contribution in [0, 0.1) is 0 Å². The van der Waals surface area contributed by atoms with Gasteiger partial charge in [-0.3, -0.25) is 4.79 Å². The second kappa shape index (κ2) is 17.0. The van der Waals surface area contributed by atoms with Crippen LogP contribution in [0.5, 0.6) is 0 Å². The van der Waals surface area contributed by atoms with Gasteiger partial charge in [-0.2, -0.15) is 0 Å². The molecule has 2 N–H and O–H groups in total. The van der Waals surface area contributed by atoms with E-state index in [9.17, 15) is 9.59 Å². The third kappa shape index (κ3) is 16.1. The van der Waals surface area contributed by atoms with Crippen LogP contribution in [0.4, 0.5) is 0 Å². The Hall–Kier alpha value is -2.10. The molecular formula is C24H39NO3. The first-order chi connectivity index (χ1) is 13.4. The molecule has 0 spiro atoms. The van der Waals surface area contributed by atoms with Crippen molar-refractivity contribution in [1.82, 2.24) is 5.32 Å². The van der Waals surface area contributed by atoms with Crippen molar-refractivity contribution >= 4 is 11.9 Å². The molecular weight excluding hydrogens is 350 g/mol. The minimum Gasteiger partial charge on any atom is -0.480 e. The molecule has 28 heavy (non-hydrogen) atoms. The zero-order valence-electron chi connectivity index (χ0n) is 18.0. The van der Waals surface area contributed by atoms with E-state index in [4.69, 9.17) is 5.11 Å². The summed E-state index contributed by atoms with van der Waals surface area (Å²) >= 11 is 0. The standard InChI is InChI=1S/C24H39NO3/c1-4-5-6-7-8-9-10-11-12-13-14-15-16-17-18-19-20-21-22(26)25-24(2,3)23(27)28/h8-9,11-12,14-15,17-18H,4-7,10,13,16,19-21H2,1-3H3,(H,25,26)(H,27,28)/b9-8-,12-11-,15-14-,18-17-. The third-order valence-corrected chi connectivity index (χ3v) is 4.22. The lowest BCUT2D eigenvalue weighted by atomic mass is 10.1. The van der Waals surface area contributed by atoms with Crippen molar-refractivity contribution in [3.05, 3.63) is 48.6 Å². The molecule has 0 bridgehead atoms. The van der Waals surface area contributed by atoms with Gasteiger partial charge in [0.1, 0.15) is 5.54 Å². The molecule has 0 aromatic heterocycles. The van der Waals surface area contributed by atoms with Gasteiger partial charge in [-0.1, -0.05) is 68.4 Å². The van der Waals surface area contributed by atoms with Crippen LogP contribution < -0.4 is 5.32 Å². The Morgan fingerprint density at radius 3 is 1.71 bits per heavy atom. The molecule has 0 saturated heterocycles. The molecule has 0 saturated carbocycles. The summed E-state index contributed by atoms with van der Waals surface area (Å²) in [6, 6.07) is 0. The Bertz CT molecular complexity index is 542. The number of hydrogen-bond donors (Lipinski definition) is 2. The Morgan fingerprint density at radius 1 is 0.786 bits per heavy atom. The quantitative estimate of drug-likeness (QED) is 0.247. The summed E-state index contributed by atoms with van der Waals surface area (Å²) in [5.74, 6) is -1.25.